The highest BCUT2D eigenvalue weighted by molar-refractivity contribution is 5.42. The molecule has 1 aromatic rings. The van der Waals surface area contributed by atoms with E-state index in [-0.39, 0.29) is 6.04 Å². The average Bonchev–Trinajstić information content (AvgIpc) is 2.42. The molecule has 0 bridgehead atoms. The summed E-state index contributed by atoms with van der Waals surface area (Å²) in [5, 5.41) is 3.26. The summed E-state index contributed by atoms with van der Waals surface area (Å²) in [6, 6.07) is 5.95. The van der Waals surface area contributed by atoms with Crippen molar-refractivity contribution in [2.45, 2.75) is 19.9 Å². The zero-order valence-corrected chi connectivity index (χ0v) is 12.5. The Morgan fingerprint density at radius 1 is 1.11 bits per heavy atom. The van der Waals surface area contributed by atoms with E-state index >= 15 is 0 Å². The van der Waals surface area contributed by atoms with Crippen LogP contribution in [0.25, 0.3) is 0 Å². The summed E-state index contributed by atoms with van der Waals surface area (Å²) in [5.74, 6) is 2.14. The molecule has 0 fully saturated rings. The van der Waals surface area contributed by atoms with Gasteiger partial charge in [0.05, 0.1) is 26.9 Å². The monoisotopic (exact) mass is 267 g/mol. The molecule has 1 N–H and O–H groups in total. The first kappa shape index (κ1) is 15.8. The molecule has 4 heteroatoms. The van der Waals surface area contributed by atoms with Crippen molar-refractivity contribution in [1.82, 2.24) is 5.32 Å². The van der Waals surface area contributed by atoms with Gasteiger partial charge in [0, 0.05) is 18.2 Å². The normalized spacial score (nSPS) is 12.5. The van der Waals surface area contributed by atoms with Gasteiger partial charge in [0.1, 0.15) is 11.5 Å². The van der Waals surface area contributed by atoms with E-state index < -0.39 is 0 Å². The fourth-order valence-corrected chi connectivity index (χ4v) is 1.86. The molecule has 1 aromatic carbocycles. The van der Waals surface area contributed by atoms with Crippen LogP contribution in [0, 0.1) is 5.92 Å². The van der Waals surface area contributed by atoms with Crippen LogP contribution in [0.2, 0.25) is 0 Å². The van der Waals surface area contributed by atoms with Crippen LogP contribution in [0.1, 0.15) is 25.5 Å². The van der Waals surface area contributed by atoms with Crippen LogP contribution in [-0.2, 0) is 4.74 Å². The van der Waals surface area contributed by atoms with Gasteiger partial charge in [0.15, 0.2) is 0 Å². The summed E-state index contributed by atoms with van der Waals surface area (Å²) < 4.78 is 16.3. The number of methoxy groups -OCH3 is 2. The second kappa shape index (κ2) is 8.02. The number of rotatable bonds is 8. The molecule has 1 unspecified atom stereocenters. The van der Waals surface area contributed by atoms with Crippen LogP contribution in [0.15, 0.2) is 18.2 Å². The fraction of sp³-hybridized carbons (Fsp3) is 0.600. The van der Waals surface area contributed by atoms with Crippen molar-refractivity contribution < 1.29 is 14.2 Å². The summed E-state index contributed by atoms with van der Waals surface area (Å²) in [6.07, 6.45) is 0. The third-order valence-electron chi connectivity index (χ3n) is 2.90. The lowest BCUT2D eigenvalue weighted by molar-refractivity contribution is 0.0913. The molecule has 4 nitrogen and oxygen atoms in total. The molecule has 0 aliphatic heterocycles. The van der Waals surface area contributed by atoms with E-state index in [1.54, 1.807) is 14.2 Å². The Morgan fingerprint density at radius 3 is 2.37 bits per heavy atom. The molecule has 19 heavy (non-hydrogen) atoms. The van der Waals surface area contributed by atoms with Crippen molar-refractivity contribution in [1.29, 1.82) is 0 Å². The van der Waals surface area contributed by atoms with E-state index in [4.69, 9.17) is 14.2 Å². The molecule has 108 valence electrons. The lowest BCUT2D eigenvalue weighted by Crippen LogP contribution is -2.23. The van der Waals surface area contributed by atoms with E-state index in [1.165, 1.54) is 0 Å². The Labute approximate surface area is 116 Å². The molecule has 0 aromatic heterocycles. The number of ether oxygens (including phenoxy) is 3. The van der Waals surface area contributed by atoms with Crippen molar-refractivity contribution in [2.75, 3.05) is 34.5 Å². The van der Waals surface area contributed by atoms with Gasteiger partial charge in [-0.3, -0.25) is 0 Å². The highest BCUT2D eigenvalue weighted by Gasteiger charge is 2.15. The number of nitrogens with one attached hydrogen (secondary N) is 1. The lowest BCUT2D eigenvalue weighted by atomic mass is 10.1. The fourth-order valence-electron chi connectivity index (χ4n) is 1.86. The summed E-state index contributed by atoms with van der Waals surface area (Å²) in [4.78, 5) is 0. The Kier molecular flexibility index (Phi) is 6.67. The Balaban J connectivity index is 2.79. The predicted octanol–water partition coefficient (Wildman–Crippen LogP) is 2.64. The molecule has 0 saturated carbocycles. The van der Waals surface area contributed by atoms with E-state index in [2.05, 4.69) is 19.2 Å². The molecule has 0 heterocycles. The standard InChI is InChI=1S/C15H25NO3/c1-11(2)9-19-10-14(16-3)13-7-6-12(17-4)8-15(13)18-5/h6-8,11,14,16H,9-10H2,1-5H3. The van der Waals surface area contributed by atoms with Gasteiger partial charge >= 0.3 is 0 Å². The smallest absolute Gasteiger partial charge is 0.127 e. The molecule has 0 aliphatic carbocycles. The molecule has 0 saturated heterocycles. The molecule has 0 spiro atoms. The van der Waals surface area contributed by atoms with E-state index in [0.29, 0.717) is 12.5 Å². The van der Waals surface area contributed by atoms with Gasteiger partial charge in [-0.1, -0.05) is 13.8 Å². The van der Waals surface area contributed by atoms with Gasteiger partial charge in [-0.15, -0.1) is 0 Å². The first-order valence-electron chi connectivity index (χ1n) is 6.59. The van der Waals surface area contributed by atoms with Crippen LogP contribution in [-0.4, -0.2) is 34.5 Å². The van der Waals surface area contributed by atoms with Crippen LogP contribution < -0.4 is 14.8 Å². The largest absolute Gasteiger partial charge is 0.497 e. The van der Waals surface area contributed by atoms with Crippen molar-refractivity contribution in [3.63, 3.8) is 0 Å². The maximum absolute atomic E-state index is 5.71. The minimum Gasteiger partial charge on any atom is -0.497 e. The van der Waals surface area contributed by atoms with E-state index in [9.17, 15) is 0 Å². The van der Waals surface area contributed by atoms with Gasteiger partial charge in [-0.25, -0.2) is 0 Å². The molecule has 0 aliphatic rings. The Hall–Kier alpha value is -1.26. The predicted molar refractivity (Wildman–Crippen MR) is 77.0 cm³/mol. The van der Waals surface area contributed by atoms with Crippen molar-refractivity contribution in [3.8, 4) is 11.5 Å². The van der Waals surface area contributed by atoms with Gasteiger partial charge < -0.3 is 19.5 Å². The third kappa shape index (κ3) is 4.73. The lowest BCUT2D eigenvalue weighted by Gasteiger charge is -2.20. The molecule has 0 radical (unpaired) electrons. The second-order valence-electron chi connectivity index (χ2n) is 4.88. The number of hydrogen-bond acceptors (Lipinski definition) is 4. The topological polar surface area (TPSA) is 39.7 Å². The third-order valence-corrected chi connectivity index (χ3v) is 2.90. The van der Waals surface area contributed by atoms with E-state index in [0.717, 1.165) is 23.7 Å². The summed E-state index contributed by atoms with van der Waals surface area (Å²) >= 11 is 0. The van der Waals surface area contributed by atoms with Gasteiger partial charge in [0.25, 0.3) is 0 Å². The van der Waals surface area contributed by atoms with Gasteiger partial charge in [-0.05, 0) is 25.1 Å². The number of likely N-dealkylation sites (N-methyl/N-ethyl adjacent to an activating group) is 1. The Morgan fingerprint density at radius 2 is 1.84 bits per heavy atom. The molecule has 0 amide bonds. The zero-order valence-electron chi connectivity index (χ0n) is 12.5. The SMILES string of the molecule is CNC(COCC(C)C)c1ccc(OC)cc1OC. The maximum atomic E-state index is 5.71. The highest BCUT2D eigenvalue weighted by atomic mass is 16.5. The van der Waals surface area contributed by atoms with Crippen LogP contribution in [0.5, 0.6) is 11.5 Å². The van der Waals surface area contributed by atoms with Crippen LogP contribution in [0.4, 0.5) is 0 Å². The van der Waals surface area contributed by atoms with Crippen molar-refractivity contribution in [2.24, 2.45) is 5.92 Å². The first-order chi connectivity index (χ1) is 9.12. The van der Waals surface area contributed by atoms with Crippen molar-refractivity contribution >= 4 is 0 Å². The Bertz CT molecular complexity index is 380. The summed E-state index contributed by atoms with van der Waals surface area (Å²) in [7, 11) is 5.24. The zero-order chi connectivity index (χ0) is 14.3. The summed E-state index contributed by atoms with van der Waals surface area (Å²) in [6.45, 7) is 5.67. The van der Waals surface area contributed by atoms with E-state index in [1.807, 2.05) is 25.2 Å². The van der Waals surface area contributed by atoms with Crippen LogP contribution in [0.3, 0.4) is 0 Å². The summed E-state index contributed by atoms with van der Waals surface area (Å²) in [5.41, 5.74) is 1.08. The molecule has 1 rings (SSSR count). The number of benzene rings is 1. The van der Waals surface area contributed by atoms with Gasteiger partial charge in [0.2, 0.25) is 0 Å². The van der Waals surface area contributed by atoms with Crippen molar-refractivity contribution in [3.05, 3.63) is 23.8 Å². The first-order valence-corrected chi connectivity index (χ1v) is 6.59. The quantitative estimate of drug-likeness (QED) is 0.786. The highest BCUT2D eigenvalue weighted by Crippen LogP contribution is 2.29. The van der Waals surface area contributed by atoms with Gasteiger partial charge in [-0.2, -0.15) is 0 Å². The maximum Gasteiger partial charge on any atom is 0.127 e. The average molecular weight is 267 g/mol. The molecular weight excluding hydrogens is 242 g/mol. The minimum absolute atomic E-state index is 0.111. The minimum atomic E-state index is 0.111. The van der Waals surface area contributed by atoms with Crippen LogP contribution >= 0.6 is 0 Å². The number of hydrogen-bond donors (Lipinski definition) is 1. The molecule has 1 atom stereocenters. The molecular formula is C15H25NO3. The second-order valence-corrected chi connectivity index (χ2v) is 4.88.